The standard InChI is InChI=1S/C25H23BrN2O5S/c1-5-33-24(30)21-14(2)27-25-28(22(21)16-8-6-7-9-18(16)31-3)23(29)20(34-25)13-15-10-11-19(32-4)17(26)12-15/h6-13,22H,5H2,1-4H3/b20-13+/t22-/m1/s1. The van der Waals surface area contributed by atoms with Gasteiger partial charge in [0.15, 0.2) is 4.80 Å². The fourth-order valence-corrected chi connectivity index (χ4v) is 5.51. The van der Waals surface area contributed by atoms with Gasteiger partial charge in [0.1, 0.15) is 17.5 Å². The molecule has 1 atom stereocenters. The molecule has 2 heterocycles. The van der Waals surface area contributed by atoms with Gasteiger partial charge in [-0.1, -0.05) is 35.6 Å². The number of rotatable bonds is 6. The Balaban J connectivity index is 1.96. The number of carbonyl (C=O) groups excluding carboxylic acids is 1. The van der Waals surface area contributed by atoms with Gasteiger partial charge in [0, 0.05) is 5.56 Å². The molecule has 34 heavy (non-hydrogen) atoms. The first-order valence-corrected chi connectivity index (χ1v) is 12.2. The fourth-order valence-electron chi connectivity index (χ4n) is 3.90. The van der Waals surface area contributed by atoms with E-state index >= 15 is 0 Å². The zero-order valence-corrected chi connectivity index (χ0v) is 21.5. The van der Waals surface area contributed by atoms with Crippen LogP contribution < -0.4 is 24.4 Å². The lowest BCUT2D eigenvalue weighted by molar-refractivity contribution is -0.139. The molecule has 0 amide bonds. The third kappa shape index (κ3) is 4.33. The first kappa shape index (κ1) is 24.0. The van der Waals surface area contributed by atoms with Crippen LogP contribution in [0, 0.1) is 0 Å². The molecule has 0 saturated carbocycles. The van der Waals surface area contributed by atoms with Gasteiger partial charge in [-0.3, -0.25) is 9.36 Å². The van der Waals surface area contributed by atoms with E-state index in [0.717, 1.165) is 10.0 Å². The van der Waals surface area contributed by atoms with Crippen LogP contribution in [0.15, 0.2) is 68.0 Å². The highest BCUT2D eigenvalue weighted by molar-refractivity contribution is 9.10. The summed E-state index contributed by atoms with van der Waals surface area (Å²) in [6.07, 6.45) is 1.80. The molecule has 0 spiro atoms. The molecule has 0 N–H and O–H groups in total. The van der Waals surface area contributed by atoms with Crippen molar-refractivity contribution in [3.63, 3.8) is 0 Å². The number of ether oxygens (including phenoxy) is 3. The van der Waals surface area contributed by atoms with Gasteiger partial charge in [0.25, 0.3) is 5.56 Å². The molecule has 176 valence electrons. The van der Waals surface area contributed by atoms with Crippen molar-refractivity contribution in [2.24, 2.45) is 4.99 Å². The Morgan fingerprint density at radius 1 is 1.18 bits per heavy atom. The maximum atomic E-state index is 13.7. The molecular weight excluding hydrogens is 520 g/mol. The Bertz CT molecular complexity index is 1470. The van der Waals surface area contributed by atoms with Gasteiger partial charge in [-0.25, -0.2) is 9.79 Å². The van der Waals surface area contributed by atoms with E-state index in [9.17, 15) is 9.59 Å². The number of carbonyl (C=O) groups is 1. The zero-order valence-electron chi connectivity index (χ0n) is 19.1. The summed E-state index contributed by atoms with van der Waals surface area (Å²) in [4.78, 5) is 31.8. The van der Waals surface area contributed by atoms with E-state index in [-0.39, 0.29) is 12.2 Å². The molecule has 0 unspecified atom stereocenters. The molecule has 3 aromatic rings. The van der Waals surface area contributed by atoms with Gasteiger partial charge in [0.2, 0.25) is 0 Å². The lowest BCUT2D eigenvalue weighted by Gasteiger charge is -2.25. The predicted octanol–water partition coefficient (Wildman–Crippen LogP) is 3.58. The van der Waals surface area contributed by atoms with Crippen LogP contribution in [0.4, 0.5) is 0 Å². The van der Waals surface area contributed by atoms with Crippen LogP contribution >= 0.6 is 27.3 Å². The quantitative estimate of drug-likeness (QED) is 0.445. The number of para-hydroxylation sites is 1. The maximum Gasteiger partial charge on any atom is 0.338 e. The van der Waals surface area contributed by atoms with Crippen LogP contribution in [0.25, 0.3) is 6.08 Å². The van der Waals surface area contributed by atoms with E-state index in [1.54, 1.807) is 44.8 Å². The number of nitrogens with zero attached hydrogens (tertiary/aromatic N) is 2. The van der Waals surface area contributed by atoms with Gasteiger partial charge in [0.05, 0.1) is 41.1 Å². The van der Waals surface area contributed by atoms with Gasteiger partial charge in [-0.2, -0.15) is 0 Å². The zero-order chi connectivity index (χ0) is 24.4. The van der Waals surface area contributed by atoms with Gasteiger partial charge < -0.3 is 14.2 Å². The first-order valence-electron chi connectivity index (χ1n) is 10.6. The monoisotopic (exact) mass is 542 g/mol. The van der Waals surface area contributed by atoms with Gasteiger partial charge in [-0.05, 0) is 59.6 Å². The van der Waals surface area contributed by atoms with E-state index in [1.807, 2.05) is 36.4 Å². The number of halogens is 1. The summed E-state index contributed by atoms with van der Waals surface area (Å²) >= 11 is 4.75. The van der Waals surface area contributed by atoms with E-state index < -0.39 is 12.0 Å². The Kier molecular flexibility index (Phi) is 7.04. The smallest absolute Gasteiger partial charge is 0.338 e. The van der Waals surface area contributed by atoms with Crippen molar-refractivity contribution in [3.8, 4) is 11.5 Å². The fraction of sp³-hybridized carbons (Fsp3) is 0.240. The summed E-state index contributed by atoms with van der Waals surface area (Å²) in [7, 11) is 3.16. The number of esters is 1. The Hall–Kier alpha value is -3.17. The van der Waals surface area contributed by atoms with Crippen molar-refractivity contribution in [3.05, 3.63) is 89.0 Å². The van der Waals surface area contributed by atoms with E-state index in [4.69, 9.17) is 14.2 Å². The minimum Gasteiger partial charge on any atom is -0.496 e. The molecule has 9 heteroatoms. The number of hydrogen-bond acceptors (Lipinski definition) is 7. The Morgan fingerprint density at radius 3 is 2.59 bits per heavy atom. The van der Waals surface area contributed by atoms with Crippen LogP contribution in [0.2, 0.25) is 0 Å². The minimum atomic E-state index is -0.726. The highest BCUT2D eigenvalue weighted by Gasteiger charge is 2.34. The van der Waals surface area contributed by atoms with Gasteiger partial charge >= 0.3 is 5.97 Å². The van der Waals surface area contributed by atoms with Crippen molar-refractivity contribution in [2.75, 3.05) is 20.8 Å². The van der Waals surface area contributed by atoms with Crippen molar-refractivity contribution < 1.29 is 19.0 Å². The average molecular weight is 543 g/mol. The largest absolute Gasteiger partial charge is 0.496 e. The van der Waals surface area contributed by atoms with Crippen LogP contribution in [0.3, 0.4) is 0 Å². The third-order valence-corrected chi connectivity index (χ3v) is 7.03. The predicted molar refractivity (Wildman–Crippen MR) is 134 cm³/mol. The number of benzene rings is 2. The van der Waals surface area contributed by atoms with Crippen LogP contribution in [-0.4, -0.2) is 31.4 Å². The SMILES string of the molecule is CCOC(=O)C1=C(C)N=c2s/c(=C/c3ccc(OC)c(Br)c3)c(=O)n2[C@@H]1c1ccccc1OC. The molecule has 1 aliphatic heterocycles. The van der Waals surface area contributed by atoms with Crippen LogP contribution in [0.1, 0.15) is 31.0 Å². The summed E-state index contributed by atoms with van der Waals surface area (Å²) in [5, 5.41) is 0. The number of hydrogen-bond donors (Lipinski definition) is 0. The Morgan fingerprint density at radius 2 is 1.91 bits per heavy atom. The molecule has 1 aliphatic rings. The van der Waals surface area contributed by atoms with Crippen molar-refractivity contribution in [1.82, 2.24) is 4.57 Å². The molecule has 1 aromatic heterocycles. The van der Waals surface area contributed by atoms with Gasteiger partial charge in [-0.15, -0.1) is 0 Å². The Labute approximate surface area is 208 Å². The molecule has 0 radical (unpaired) electrons. The first-order chi connectivity index (χ1) is 16.4. The van der Waals surface area contributed by atoms with Crippen molar-refractivity contribution in [1.29, 1.82) is 0 Å². The average Bonchev–Trinajstić information content (AvgIpc) is 3.12. The number of thiazole rings is 1. The topological polar surface area (TPSA) is 79.1 Å². The summed E-state index contributed by atoms with van der Waals surface area (Å²) in [6, 6.07) is 12.2. The highest BCUT2D eigenvalue weighted by Crippen LogP contribution is 2.35. The second kappa shape index (κ2) is 9.99. The summed E-state index contributed by atoms with van der Waals surface area (Å²) < 4.78 is 19.0. The summed E-state index contributed by atoms with van der Waals surface area (Å²) in [6.45, 7) is 3.71. The van der Waals surface area contributed by atoms with E-state index in [0.29, 0.717) is 37.7 Å². The minimum absolute atomic E-state index is 0.213. The molecule has 0 aliphatic carbocycles. The molecule has 0 bridgehead atoms. The molecule has 0 saturated heterocycles. The van der Waals surface area contributed by atoms with E-state index in [2.05, 4.69) is 20.9 Å². The normalized spacial score (nSPS) is 15.6. The van der Waals surface area contributed by atoms with Crippen molar-refractivity contribution >= 4 is 39.3 Å². The van der Waals surface area contributed by atoms with Crippen LogP contribution in [-0.2, 0) is 9.53 Å². The van der Waals surface area contributed by atoms with Crippen LogP contribution in [0.5, 0.6) is 11.5 Å². The molecule has 7 nitrogen and oxygen atoms in total. The highest BCUT2D eigenvalue weighted by atomic mass is 79.9. The molecule has 2 aromatic carbocycles. The van der Waals surface area contributed by atoms with E-state index in [1.165, 1.54) is 11.3 Å². The number of aromatic nitrogens is 1. The molecular formula is C25H23BrN2O5S. The lowest BCUT2D eigenvalue weighted by Crippen LogP contribution is -2.40. The second-order valence-corrected chi connectivity index (χ2v) is 9.30. The van der Waals surface area contributed by atoms with Crippen molar-refractivity contribution in [2.45, 2.75) is 19.9 Å². The third-order valence-electron chi connectivity index (χ3n) is 5.42. The number of fused-ring (bicyclic) bond motifs is 1. The lowest BCUT2D eigenvalue weighted by atomic mass is 9.95. The molecule has 0 fully saturated rings. The summed E-state index contributed by atoms with van der Waals surface area (Å²) in [5.41, 5.74) is 2.09. The maximum absolute atomic E-state index is 13.7. The summed E-state index contributed by atoms with van der Waals surface area (Å²) in [5.74, 6) is 0.759. The molecule has 4 rings (SSSR count). The second-order valence-electron chi connectivity index (χ2n) is 7.44. The number of methoxy groups -OCH3 is 2. The number of allylic oxidation sites excluding steroid dienone is 1.